The largest absolute Gasteiger partial charge is 0.495 e. The zero-order chi connectivity index (χ0) is 14.6. The molecule has 0 saturated heterocycles. The van der Waals surface area contributed by atoms with Gasteiger partial charge in [0, 0.05) is 12.1 Å². The molecule has 0 aliphatic carbocycles. The van der Waals surface area contributed by atoms with Gasteiger partial charge in [0.1, 0.15) is 5.75 Å². The van der Waals surface area contributed by atoms with Crippen molar-refractivity contribution in [1.29, 1.82) is 0 Å². The lowest BCUT2D eigenvalue weighted by Crippen LogP contribution is -2.37. The number of non-ortho nitro benzene ring substituents is 1. The van der Waals surface area contributed by atoms with Gasteiger partial charge in [0.2, 0.25) is 5.91 Å². The minimum absolute atomic E-state index is 0.103. The molecule has 1 N–H and O–H groups in total. The van der Waals surface area contributed by atoms with E-state index in [2.05, 4.69) is 5.32 Å². The van der Waals surface area contributed by atoms with E-state index < -0.39 is 4.92 Å². The summed E-state index contributed by atoms with van der Waals surface area (Å²) in [7, 11) is 4.98. The van der Waals surface area contributed by atoms with Crippen LogP contribution in [-0.4, -0.2) is 43.0 Å². The summed E-state index contributed by atoms with van der Waals surface area (Å²) in [6, 6.07) is 3.70. The first-order chi connectivity index (χ1) is 8.86. The van der Waals surface area contributed by atoms with Crippen molar-refractivity contribution in [3.05, 3.63) is 28.3 Å². The number of amides is 1. The Morgan fingerprint density at radius 1 is 1.47 bits per heavy atom. The predicted molar refractivity (Wildman–Crippen MR) is 71.4 cm³/mol. The second kappa shape index (κ2) is 6.14. The van der Waals surface area contributed by atoms with E-state index in [1.54, 1.807) is 25.9 Å². The van der Waals surface area contributed by atoms with Crippen molar-refractivity contribution in [2.45, 2.75) is 13.0 Å². The number of hydrogen-bond acceptors (Lipinski definition) is 5. The smallest absolute Gasteiger partial charge is 0.271 e. The van der Waals surface area contributed by atoms with Gasteiger partial charge in [-0.25, -0.2) is 0 Å². The fraction of sp³-hybridized carbons (Fsp3) is 0.417. The number of hydrogen-bond donors (Lipinski definition) is 1. The highest BCUT2D eigenvalue weighted by Crippen LogP contribution is 2.28. The molecule has 0 aliphatic rings. The second-order valence-corrected chi connectivity index (χ2v) is 4.27. The number of carbonyl (C=O) groups excluding carboxylic acids is 1. The van der Waals surface area contributed by atoms with Crippen molar-refractivity contribution in [3.8, 4) is 5.75 Å². The van der Waals surface area contributed by atoms with Crippen LogP contribution >= 0.6 is 0 Å². The van der Waals surface area contributed by atoms with Crippen LogP contribution in [0.4, 0.5) is 11.4 Å². The normalized spacial score (nSPS) is 12.1. The number of nitro benzene ring substituents is 1. The molecular weight excluding hydrogens is 250 g/mol. The lowest BCUT2D eigenvalue weighted by Gasteiger charge is -2.19. The van der Waals surface area contributed by atoms with Crippen molar-refractivity contribution in [2.75, 3.05) is 26.5 Å². The topological polar surface area (TPSA) is 84.7 Å². The van der Waals surface area contributed by atoms with E-state index in [4.69, 9.17) is 4.74 Å². The lowest BCUT2D eigenvalue weighted by molar-refractivity contribution is -0.384. The van der Waals surface area contributed by atoms with Gasteiger partial charge in [-0.15, -0.1) is 0 Å². The molecule has 0 unspecified atom stereocenters. The Bertz CT molecular complexity index is 488. The highest BCUT2D eigenvalue weighted by atomic mass is 16.6. The Hall–Kier alpha value is -2.15. The van der Waals surface area contributed by atoms with Crippen molar-refractivity contribution in [1.82, 2.24) is 4.90 Å². The number of anilines is 1. The number of ether oxygens (including phenoxy) is 1. The Morgan fingerprint density at radius 2 is 2.11 bits per heavy atom. The van der Waals surface area contributed by atoms with Crippen molar-refractivity contribution >= 4 is 17.3 Å². The summed E-state index contributed by atoms with van der Waals surface area (Å²) in [6.45, 7) is 1.74. The molecule has 19 heavy (non-hydrogen) atoms. The predicted octanol–water partition coefficient (Wildman–Crippen LogP) is 1.49. The van der Waals surface area contributed by atoms with Crippen LogP contribution in [0.15, 0.2) is 18.2 Å². The molecule has 1 atom stereocenters. The quantitative estimate of drug-likeness (QED) is 0.645. The Labute approximate surface area is 111 Å². The molecule has 1 rings (SSSR count). The van der Waals surface area contributed by atoms with E-state index in [9.17, 15) is 14.9 Å². The maximum Gasteiger partial charge on any atom is 0.271 e. The molecule has 0 fully saturated rings. The van der Waals surface area contributed by atoms with E-state index in [-0.39, 0.29) is 23.3 Å². The van der Waals surface area contributed by atoms with Gasteiger partial charge in [0.15, 0.2) is 0 Å². The number of methoxy groups -OCH3 is 1. The van der Waals surface area contributed by atoms with Gasteiger partial charge in [-0.1, -0.05) is 0 Å². The van der Waals surface area contributed by atoms with E-state index in [0.29, 0.717) is 5.75 Å². The number of benzene rings is 1. The van der Waals surface area contributed by atoms with Gasteiger partial charge in [-0.3, -0.25) is 19.8 Å². The summed E-state index contributed by atoms with van der Waals surface area (Å²) in [6.07, 6.45) is 0. The molecule has 0 heterocycles. The number of rotatable bonds is 5. The van der Waals surface area contributed by atoms with E-state index >= 15 is 0 Å². The summed E-state index contributed by atoms with van der Waals surface area (Å²) in [5.41, 5.74) is 0.184. The molecule has 0 aliphatic heterocycles. The number of carbonyl (C=O) groups is 1. The molecule has 0 radical (unpaired) electrons. The number of likely N-dealkylation sites (N-methyl/N-ethyl adjacent to an activating group) is 1. The first-order valence-corrected chi connectivity index (χ1v) is 5.66. The summed E-state index contributed by atoms with van der Waals surface area (Å²) in [5, 5.41) is 13.4. The molecule has 1 aromatic rings. The molecule has 1 aromatic carbocycles. The third kappa shape index (κ3) is 3.65. The molecule has 1 amide bonds. The molecule has 0 saturated carbocycles. The summed E-state index contributed by atoms with van der Waals surface area (Å²) >= 11 is 0. The van der Waals surface area contributed by atoms with Gasteiger partial charge in [-0.05, 0) is 27.1 Å². The maximum atomic E-state index is 11.9. The van der Waals surface area contributed by atoms with Crippen LogP contribution in [0.5, 0.6) is 5.75 Å². The monoisotopic (exact) mass is 267 g/mol. The van der Waals surface area contributed by atoms with Crippen LogP contribution in [-0.2, 0) is 4.79 Å². The van der Waals surface area contributed by atoms with Crippen LogP contribution in [0.2, 0.25) is 0 Å². The third-order valence-electron chi connectivity index (χ3n) is 2.81. The average molecular weight is 267 g/mol. The molecule has 0 spiro atoms. The molecule has 104 valence electrons. The first-order valence-electron chi connectivity index (χ1n) is 5.66. The zero-order valence-electron chi connectivity index (χ0n) is 11.3. The van der Waals surface area contributed by atoms with Crippen molar-refractivity contribution in [3.63, 3.8) is 0 Å². The Kier molecular flexibility index (Phi) is 4.82. The van der Waals surface area contributed by atoms with E-state index in [0.717, 1.165) is 0 Å². The SMILES string of the molecule is COc1ccc([N+](=O)[O-])cc1NC(=O)[C@H](C)N(C)C. The van der Waals surface area contributed by atoms with Gasteiger partial charge in [0.25, 0.3) is 5.69 Å². The highest BCUT2D eigenvalue weighted by Gasteiger charge is 2.18. The van der Waals surface area contributed by atoms with Gasteiger partial charge in [0.05, 0.1) is 23.8 Å². The van der Waals surface area contributed by atoms with E-state index in [1.165, 1.54) is 25.3 Å². The second-order valence-electron chi connectivity index (χ2n) is 4.27. The molecule has 0 aromatic heterocycles. The molecular formula is C12H17N3O4. The highest BCUT2D eigenvalue weighted by molar-refractivity contribution is 5.96. The van der Waals surface area contributed by atoms with Crippen LogP contribution in [0, 0.1) is 10.1 Å². The summed E-state index contributed by atoms with van der Waals surface area (Å²) < 4.78 is 5.07. The minimum atomic E-state index is -0.523. The fourth-order valence-electron chi connectivity index (χ4n) is 1.38. The lowest BCUT2D eigenvalue weighted by atomic mass is 10.2. The number of nitro groups is 1. The van der Waals surface area contributed by atoms with Crippen LogP contribution in [0.3, 0.4) is 0 Å². The fourth-order valence-corrected chi connectivity index (χ4v) is 1.38. The molecule has 7 nitrogen and oxygen atoms in total. The molecule has 7 heteroatoms. The standard InChI is InChI=1S/C12H17N3O4/c1-8(14(2)3)12(16)13-10-7-9(15(17)18)5-6-11(10)19-4/h5-8H,1-4H3,(H,13,16)/t8-/m0/s1. The number of nitrogens with one attached hydrogen (secondary N) is 1. The summed E-state index contributed by atoms with van der Waals surface area (Å²) in [4.78, 5) is 23.9. The minimum Gasteiger partial charge on any atom is -0.495 e. The zero-order valence-corrected chi connectivity index (χ0v) is 11.3. The third-order valence-corrected chi connectivity index (χ3v) is 2.81. The maximum absolute atomic E-state index is 11.9. The Balaban J connectivity index is 3.01. The number of nitrogens with zero attached hydrogens (tertiary/aromatic N) is 2. The van der Waals surface area contributed by atoms with Crippen LogP contribution in [0.25, 0.3) is 0 Å². The van der Waals surface area contributed by atoms with Gasteiger partial charge >= 0.3 is 0 Å². The van der Waals surface area contributed by atoms with E-state index in [1.807, 2.05) is 0 Å². The summed E-state index contributed by atoms with van der Waals surface area (Å²) in [5.74, 6) is 0.119. The van der Waals surface area contributed by atoms with Crippen molar-refractivity contribution < 1.29 is 14.5 Å². The van der Waals surface area contributed by atoms with Crippen LogP contribution < -0.4 is 10.1 Å². The van der Waals surface area contributed by atoms with Crippen LogP contribution in [0.1, 0.15) is 6.92 Å². The first kappa shape index (κ1) is 14.9. The van der Waals surface area contributed by atoms with Gasteiger partial charge in [-0.2, -0.15) is 0 Å². The Morgan fingerprint density at radius 3 is 2.58 bits per heavy atom. The van der Waals surface area contributed by atoms with Gasteiger partial charge < -0.3 is 10.1 Å². The molecule has 0 bridgehead atoms. The van der Waals surface area contributed by atoms with Crippen molar-refractivity contribution in [2.24, 2.45) is 0 Å². The average Bonchev–Trinajstić information content (AvgIpc) is 2.37.